The van der Waals surface area contributed by atoms with Gasteiger partial charge in [-0.15, -0.1) is 0 Å². The van der Waals surface area contributed by atoms with Crippen molar-refractivity contribution in [2.75, 3.05) is 7.11 Å². The van der Waals surface area contributed by atoms with Crippen LogP contribution in [0.5, 0.6) is 0 Å². The summed E-state index contributed by atoms with van der Waals surface area (Å²) < 4.78 is 30.9. The largest absolute Gasteiger partial charge is 0.465 e. The van der Waals surface area contributed by atoms with Gasteiger partial charge >= 0.3 is 5.97 Å². The number of hydrogen-bond donors (Lipinski definition) is 0. The van der Waals surface area contributed by atoms with E-state index in [9.17, 15) is 13.2 Å². The molecular formula is C17H17ClN2O4S. The van der Waals surface area contributed by atoms with E-state index in [0.29, 0.717) is 11.3 Å². The van der Waals surface area contributed by atoms with Gasteiger partial charge in [-0.3, -0.25) is 0 Å². The molecule has 0 saturated carbocycles. The minimum Gasteiger partial charge on any atom is -0.465 e. The van der Waals surface area contributed by atoms with Gasteiger partial charge in [0.2, 0.25) is 0 Å². The molecule has 0 aliphatic heterocycles. The first-order valence-electron chi connectivity index (χ1n) is 7.21. The highest BCUT2D eigenvalue weighted by Gasteiger charge is 2.22. The molecule has 132 valence electrons. The molecule has 0 aliphatic rings. The van der Waals surface area contributed by atoms with Crippen molar-refractivity contribution in [2.45, 2.75) is 18.7 Å². The molecule has 0 atom stereocenters. The van der Waals surface area contributed by atoms with E-state index >= 15 is 0 Å². The smallest absolute Gasteiger partial charge is 0.339 e. The van der Waals surface area contributed by atoms with Gasteiger partial charge < -0.3 is 4.74 Å². The van der Waals surface area contributed by atoms with Gasteiger partial charge in [-0.05, 0) is 26.0 Å². The number of ether oxygens (including phenoxy) is 1. The molecule has 2 rings (SSSR count). The summed E-state index contributed by atoms with van der Waals surface area (Å²) in [6.07, 6.45) is 2.51. The molecular weight excluding hydrogens is 364 g/mol. The summed E-state index contributed by atoms with van der Waals surface area (Å²) in [7, 11) is -2.65. The molecule has 25 heavy (non-hydrogen) atoms. The zero-order valence-corrected chi connectivity index (χ0v) is 15.6. The second-order valence-electron chi connectivity index (χ2n) is 5.24. The van der Waals surface area contributed by atoms with E-state index in [1.165, 1.54) is 31.5 Å². The fourth-order valence-corrected chi connectivity index (χ4v) is 3.62. The number of aryl methyl sites for hydroxylation is 2. The Bertz CT molecular complexity index is 957. The van der Waals surface area contributed by atoms with Gasteiger partial charge in [-0.1, -0.05) is 42.0 Å². The van der Waals surface area contributed by atoms with Crippen LogP contribution in [0.15, 0.2) is 53.6 Å². The lowest BCUT2D eigenvalue weighted by atomic mass is 10.1. The number of carbonyl (C=O) groups is 1. The second-order valence-corrected chi connectivity index (χ2v) is 7.42. The number of methoxy groups -OCH3 is 1. The minimum absolute atomic E-state index is 0.0182. The summed E-state index contributed by atoms with van der Waals surface area (Å²) in [5.74, 6) is -0.673. The molecule has 0 radical (unpaired) electrons. The Balaban J connectivity index is 2.57. The number of halogens is 1. The van der Waals surface area contributed by atoms with E-state index in [-0.39, 0.29) is 15.5 Å². The number of benzene rings is 1. The van der Waals surface area contributed by atoms with Gasteiger partial charge in [0.15, 0.2) is 0 Å². The Labute approximate surface area is 151 Å². The van der Waals surface area contributed by atoms with Gasteiger partial charge in [-0.25, -0.2) is 4.79 Å². The van der Waals surface area contributed by atoms with E-state index in [1.54, 1.807) is 19.1 Å². The molecule has 1 aromatic carbocycles. The van der Waals surface area contributed by atoms with Gasteiger partial charge in [0, 0.05) is 5.56 Å². The molecule has 1 heterocycles. The van der Waals surface area contributed by atoms with E-state index in [0.717, 1.165) is 9.65 Å². The number of esters is 1. The van der Waals surface area contributed by atoms with Crippen LogP contribution in [0, 0.1) is 13.8 Å². The summed E-state index contributed by atoms with van der Waals surface area (Å²) in [5, 5.41) is 4.05. The van der Waals surface area contributed by atoms with E-state index in [4.69, 9.17) is 11.6 Å². The van der Waals surface area contributed by atoms with Crippen LogP contribution in [-0.2, 0) is 19.6 Å². The van der Waals surface area contributed by atoms with Crippen LogP contribution < -0.4 is 0 Å². The first-order chi connectivity index (χ1) is 11.7. The third-order valence-corrected chi connectivity index (χ3v) is 5.48. The maximum absolute atomic E-state index is 12.7. The van der Waals surface area contributed by atoms with Crippen molar-refractivity contribution >= 4 is 32.6 Å². The fraction of sp³-hybridized carbons (Fsp3) is 0.176. The lowest BCUT2D eigenvalue weighted by Crippen LogP contribution is -2.13. The van der Waals surface area contributed by atoms with Gasteiger partial charge in [0.05, 0.1) is 34.5 Å². The highest BCUT2D eigenvalue weighted by molar-refractivity contribution is 7.89. The predicted octanol–water partition coefficient (Wildman–Crippen LogP) is 3.05. The van der Waals surface area contributed by atoms with E-state index < -0.39 is 16.0 Å². The van der Waals surface area contributed by atoms with E-state index in [2.05, 4.69) is 16.4 Å². The molecule has 0 amide bonds. The second kappa shape index (κ2) is 7.25. The van der Waals surface area contributed by atoms with Crippen molar-refractivity contribution < 1.29 is 17.9 Å². The quantitative estimate of drug-likeness (QED) is 0.452. The molecule has 2 aromatic rings. The van der Waals surface area contributed by atoms with Crippen LogP contribution >= 0.6 is 11.6 Å². The van der Waals surface area contributed by atoms with Gasteiger partial charge in [0.25, 0.3) is 10.0 Å². The maximum Gasteiger partial charge on any atom is 0.339 e. The van der Waals surface area contributed by atoms with Gasteiger partial charge in [-0.2, -0.15) is 17.6 Å². The maximum atomic E-state index is 12.7. The number of hydrogen-bond acceptors (Lipinski definition) is 5. The normalized spacial score (nSPS) is 12.5. The summed E-state index contributed by atoms with van der Waals surface area (Å²) in [6, 6.07) is 6.40. The molecule has 0 fully saturated rings. The molecule has 0 aliphatic carbocycles. The number of rotatable bonds is 5. The Morgan fingerprint density at radius 1 is 1.28 bits per heavy atom. The molecule has 8 heteroatoms. The summed E-state index contributed by atoms with van der Waals surface area (Å²) in [6.45, 7) is 6.99. The average molecular weight is 381 g/mol. The van der Waals surface area contributed by atoms with Crippen molar-refractivity contribution in [2.24, 2.45) is 0 Å². The standard InChI is InChI=1S/C17H17ClN2O4S/c1-5-14(17(21)24-4)16(18)15-10-20(19-12(15)3)25(22,23)13-8-6-11(2)7-9-13/h5-10H,1H2,2-4H3. The molecule has 0 bridgehead atoms. The highest BCUT2D eigenvalue weighted by atomic mass is 35.5. The minimum atomic E-state index is -3.87. The van der Waals surface area contributed by atoms with Crippen molar-refractivity contribution in [1.82, 2.24) is 9.19 Å². The SMILES string of the molecule is C=CC(C(=O)OC)=C(Cl)c1cn(S(=O)(=O)c2ccc(C)cc2)nc1C. The summed E-state index contributed by atoms with van der Waals surface area (Å²) in [4.78, 5) is 11.8. The fourth-order valence-electron chi connectivity index (χ4n) is 2.11. The van der Waals surface area contributed by atoms with E-state index in [1.807, 2.05) is 6.92 Å². The van der Waals surface area contributed by atoms with Crippen LogP contribution in [-0.4, -0.2) is 30.7 Å². The topological polar surface area (TPSA) is 78.3 Å². The highest BCUT2D eigenvalue weighted by Crippen LogP contribution is 2.28. The molecule has 0 unspecified atom stereocenters. The van der Waals surface area contributed by atoms with Crippen LogP contribution in [0.3, 0.4) is 0 Å². The Hall–Kier alpha value is -2.38. The van der Waals surface area contributed by atoms with Crippen LogP contribution in [0.1, 0.15) is 16.8 Å². The molecule has 0 N–H and O–H groups in total. The lowest BCUT2D eigenvalue weighted by Gasteiger charge is -2.05. The predicted molar refractivity (Wildman–Crippen MR) is 95.7 cm³/mol. The molecule has 6 nitrogen and oxygen atoms in total. The zero-order chi connectivity index (χ0) is 18.8. The summed E-state index contributed by atoms with van der Waals surface area (Å²) >= 11 is 6.24. The van der Waals surface area contributed by atoms with Crippen LogP contribution in [0.2, 0.25) is 0 Å². The number of aromatic nitrogens is 2. The Morgan fingerprint density at radius 2 is 1.88 bits per heavy atom. The van der Waals surface area contributed by atoms with Crippen LogP contribution in [0.4, 0.5) is 0 Å². The number of nitrogens with zero attached hydrogens (tertiary/aromatic N) is 2. The zero-order valence-electron chi connectivity index (χ0n) is 14.0. The number of carbonyl (C=O) groups excluding carboxylic acids is 1. The lowest BCUT2D eigenvalue weighted by molar-refractivity contribution is -0.135. The van der Waals surface area contributed by atoms with Crippen LogP contribution in [0.25, 0.3) is 5.03 Å². The van der Waals surface area contributed by atoms with Crippen molar-refractivity contribution in [3.8, 4) is 0 Å². The summed E-state index contributed by atoms with van der Waals surface area (Å²) in [5.41, 5.74) is 1.62. The third-order valence-electron chi connectivity index (χ3n) is 3.53. The Morgan fingerprint density at radius 3 is 2.40 bits per heavy atom. The Kier molecular flexibility index (Phi) is 5.49. The molecule has 0 spiro atoms. The molecule has 1 aromatic heterocycles. The van der Waals surface area contributed by atoms with Crippen molar-refractivity contribution in [1.29, 1.82) is 0 Å². The third kappa shape index (κ3) is 3.67. The van der Waals surface area contributed by atoms with Crippen molar-refractivity contribution in [3.05, 3.63) is 65.5 Å². The van der Waals surface area contributed by atoms with Gasteiger partial charge in [0.1, 0.15) is 0 Å². The van der Waals surface area contributed by atoms with Crippen molar-refractivity contribution in [3.63, 3.8) is 0 Å². The first-order valence-corrected chi connectivity index (χ1v) is 9.03. The first kappa shape index (κ1) is 19.0. The monoisotopic (exact) mass is 380 g/mol. The molecule has 0 saturated heterocycles. The average Bonchev–Trinajstić information content (AvgIpc) is 2.98.